The second-order valence-electron chi connectivity index (χ2n) is 5.10. The van der Waals surface area contributed by atoms with E-state index in [1.807, 2.05) is 6.07 Å². The maximum Gasteiger partial charge on any atom is 0.356 e. The van der Waals surface area contributed by atoms with E-state index in [0.717, 1.165) is 17.7 Å². The van der Waals surface area contributed by atoms with Gasteiger partial charge in [0.15, 0.2) is 5.69 Å². The highest BCUT2D eigenvalue weighted by Crippen LogP contribution is 2.66. The molecule has 90 valence electrons. The number of rotatable bonds is 2. The summed E-state index contributed by atoms with van der Waals surface area (Å²) in [7, 11) is 0. The Bertz CT molecular complexity index is 632. The van der Waals surface area contributed by atoms with Gasteiger partial charge in [-0.25, -0.2) is 4.79 Å². The van der Waals surface area contributed by atoms with Crippen molar-refractivity contribution in [1.29, 1.82) is 0 Å². The summed E-state index contributed by atoms with van der Waals surface area (Å²) in [6, 6.07) is 10.4. The van der Waals surface area contributed by atoms with Crippen LogP contribution in [0.15, 0.2) is 30.3 Å². The number of aromatic amines is 1. The molecule has 1 saturated carbocycles. The first-order valence-corrected chi connectivity index (χ1v) is 6.12. The maximum atomic E-state index is 11.0. The van der Waals surface area contributed by atoms with Crippen LogP contribution >= 0.6 is 0 Å². The van der Waals surface area contributed by atoms with E-state index in [0.29, 0.717) is 17.8 Å². The standard InChI is InChI=1S/C14H12N2O2/c17-14(18)13-9-6-8-10(7-4-2-1-3-5-7)11(8)12(9)15-16-13/h1-5,8,10-11H,6H2,(H,15,16)(H,17,18)/t8-,10-,11-/m0/s1. The summed E-state index contributed by atoms with van der Waals surface area (Å²) in [6.45, 7) is 0. The lowest BCUT2D eigenvalue weighted by Crippen LogP contribution is -2.02. The highest BCUT2D eigenvalue weighted by Gasteiger charge is 2.58. The molecule has 0 unspecified atom stereocenters. The molecule has 2 N–H and O–H groups in total. The van der Waals surface area contributed by atoms with Crippen LogP contribution in [0.3, 0.4) is 0 Å². The van der Waals surface area contributed by atoms with Crippen molar-refractivity contribution in [3.63, 3.8) is 0 Å². The van der Waals surface area contributed by atoms with Crippen LogP contribution in [-0.2, 0) is 6.42 Å². The summed E-state index contributed by atoms with van der Waals surface area (Å²) in [5, 5.41) is 15.9. The Morgan fingerprint density at radius 3 is 2.78 bits per heavy atom. The van der Waals surface area contributed by atoms with Crippen LogP contribution < -0.4 is 0 Å². The van der Waals surface area contributed by atoms with Gasteiger partial charge >= 0.3 is 5.97 Å². The molecule has 0 radical (unpaired) electrons. The average molecular weight is 240 g/mol. The van der Waals surface area contributed by atoms with E-state index in [4.69, 9.17) is 5.11 Å². The summed E-state index contributed by atoms with van der Waals surface area (Å²) in [5.74, 6) is 0.628. The maximum absolute atomic E-state index is 11.0. The van der Waals surface area contributed by atoms with E-state index in [1.165, 1.54) is 5.56 Å². The normalized spacial score (nSPS) is 27.7. The van der Waals surface area contributed by atoms with Gasteiger partial charge in [0.25, 0.3) is 0 Å². The Labute approximate surface area is 104 Å². The van der Waals surface area contributed by atoms with Crippen molar-refractivity contribution in [2.75, 3.05) is 0 Å². The third kappa shape index (κ3) is 1.15. The fourth-order valence-electron chi connectivity index (χ4n) is 3.42. The summed E-state index contributed by atoms with van der Waals surface area (Å²) in [6.07, 6.45) is 0.845. The number of hydrogen-bond acceptors (Lipinski definition) is 2. The topological polar surface area (TPSA) is 66.0 Å². The minimum absolute atomic E-state index is 0.212. The number of nitrogens with zero attached hydrogens (tertiary/aromatic N) is 1. The predicted molar refractivity (Wildman–Crippen MR) is 64.7 cm³/mol. The molecule has 18 heavy (non-hydrogen) atoms. The molecule has 2 aliphatic carbocycles. The molecule has 4 nitrogen and oxygen atoms in total. The molecule has 4 rings (SSSR count). The van der Waals surface area contributed by atoms with E-state index in [1.54, 1.807) is 0 Å². The summed E-state index contributed by atoms with van der Waals surface area (Å²) in [5.41, 5.74) is 3.53. The Balaban J connectivity index is 1.69. The van der Waals surface area contributed by atoms with Crippen LogP contribution in [0.5, 0.6) is 0 Å². The molecule has 1 fully saturated rings. The second-order valence-corrected chi connectivity index (χ2v) is 5.10. The minimum atomic E-state index is -0.926. The SMILES string of the molecule is O=C(O)c1n[nH]c2c1C[C@H]1[C@H](c3ccccc3)[C@@H]21. The quantitative estimate of drug-likeness (QED) is 0.845. The van der Waals surface area contributed by atoms with Gasteiger partial charge in [0, 0.05) is 17.2 Å². The van der Waals surface area contributed by atoms with E-state index >= 15 is 0 Å². The van der Waals surface area contributed by atoms with Gasteiger partial charge in [-0.15, -0.1) is 0 Å². The van der Waals surface area contributed by atoms with Crippen molar-refractivity contribution in [2.24, 2.45) is 5.92 Å². The van der Waals surface area contributed by atoms with Gasteiger partial charge in [-0.3, -0.25) is 5.10 Å². The number of aromatic carboxylic acids is 1. The van der Waals surface area contributed by atoms with Gasteiger partial charge < -0.3 is 5.11 Å². The van der Waals surface area contributed by atoms with Gasteiger partial charge in [-0.05, 0) is 23.8 Å². The monoisotopic (exact) mass is 240 g/mol. The van der Waals surface area contributed by atoms with E-state index in [9.17, 15) is 4.79 Å². The molecule has 2 aromatic rings. The van der Waals surface area contributed by atoms with Gasteiger partial charge in [0.05, 0.1) is 0 Å². The molecule has 1 aromatic carbocycles. The van der Waals surface area contributed by atoms with E-state index in [-0.39, 0.29) is 5.69 Å². The Kier molecular flexibility index (Phi) is 1.77. The highest BCUT2D eigenvalue weighted by atomic mass is 16.4. The lowest BCUT2D eigenvalue weighted by Gasteiger charge is -2.03. The van der Waals surface area contributed by atoms with Crippen LogP contribution in [0, 0.1) is 5.92 Å². The van der Waals surface area contributed by atoms with Crippen molar-refractivity contribution in [1.82, 2.24) is 10.2 Å². The Morgan fingerprint density at radius 2 is 2.06 bits per heavy atom. The van der Waals surface area contributed by atoms with Gasteiger partial charge in [0.1, 0.15) is 0 Å². The number of H-pyrrole nitrogens is 1. The number of carboxylic acid groups (broad SMARTS) is 1. The fraction of sp³-hybridized carbons (Fsp3) is 0.286. The molecule has 0 spiro atoms. The number of nitrogens with one attached hydrogen (secondary N) is 1. The zero-order chi connectivity index (χ0) is 12.3. The Morgan fingerprint density at radius 1 is 1.28 bits per heavy atom. The minimum Gasteiger partial charge on any atom is -0.476 e. The molecule has 3 atom stereocenters. The van der Waals surface area contributed by atoms with E-state index < -0.39 is 5.97 Å². The zero-order valence-corrected chi connectivity index (χ0v) is 9.63. The van der Waals surface area contributed by atoms with Gasteiger partial charge in [-0.2, -0.15) is 5.10 Å². The number of fused-ring (bicyclic) bond motifs is 3. The first-order chi connectivity index (χ1) is 8.77. The lowest BCUT2D eigenvalue weighted by atomic mass is 10.0. The van der Waals surface area contributed by atoms with Crippen molar-refractivity contribution in [2.45, 2.75) is 18.3 Å². The molecule has 0 amide bonds. The first-order valence-electron chi connectivity index (χ1n) is 6.12. The number of hydrogen-bond donors (Lipinski definition) is 2. The van der Waals surface area contributed by atoms with Crippen LogP contribution in [-0.4, -0.2) is 21.3 Å². The van der Waals surface area contributed by atoms with Gasteiger partial charge in [-0.1, -0.05) is 30.3 Å². The predicted octanol–water partition coefficient (Wildman–Crippen LogP) is 2.16. The molecular weight excluding hydrogens is 228 g/mol. The number of carboxylic acids is 1. The largest absolute Gasteiger partial charge is 0.476 e. The Hall–Kier alpha value is -2.10. The summed E-state index contributed by atoms with van der Waals surface area (Å²) >= 11 is 0. The lowest BCUT2D eigenvalue weighted by molar-refractivity contribution is 0.0689. The van der Waals surface area contributed by atoms with Crippen LogP contribution in [0.2, 0.25) is 0 Å². The van der Waals surface area contributed by atoms with Crippen molar-refractivity contribution < 1.29 is 9.90 Å². The number of aromatic nitrogens is 2. The van der Waals surface area contributed by atoms with Crippen LogP contribution in [0.4, 0.5) is 0 Å². The molecule has 0 bridgehead atoms. The third-order valence-corrected chi connectivity index (χ3v) is 4.23. The van der Waals surface area contributed by atoms with Crippen molar-refractivity contribution >= 4 is 5.97 Å². The molecule has 1 aromatic heterocycles. The van der Waals surface area contributed by atoms with Gasteiger partial charge in [0.2, 0.25) is 0 Å². The number of carbonyl (C=O) groups is 1. The smallest absolute Gasteiger partial charge is 0.356 e. The van der Waals surface area contributed by atoms with Crippen LogP contribution in [0.1, 0.15) is 39.1 Å². The molecule has 0 saturated heterocycles. The molecule has 4 heteroatoms. The third-order valence-electron chi connectivity index (χ3n) is 4.23. The first kappa shape index (κ1) is 9.88. The second kappa shape index (κ2) is 3.22. The molecule has 0 aliphatic heterocycles. The molecule has 2 aliphatic rings. The fourth-order valence-corrected chi connectivity index (χ4v) is 3.42. The van der Waals surface area contributed by atoms with E-state index in [2.05, 4.69) is 34.5 Å². The average Bonchev–Trinajstić information content (AvgIpc) is 2.75. The zero-order valence-electron chi connectivity index (χ0n) is 9.63. The van der Waals surface area contributed by atoms with Crippen molar-refractivity contribution in [3.05, 3.63) is 52.8 Å². The van der Waals surface area contributed by atoms with Crippen LogP contribution in [0.25, 0.3) is 0 Å². The highest BCUT2D eigenvalue weighted by molar-refractivity contribution is 5.88. The van der Waals surface area contributed by atoms with Crippen molar-refractivity contribution in [3.8, 4) is 0 Å². The molecular formula is C14H12N2O2. The summed E-state index contributed by atoms with van der Waals surface area (Å²) < 4.78 is 0. The molecule has 1 heterocycles. The summed E-state index contributed by atoms with van der Waals surface area (Å²) in [4.78, 5) is 11.0. The number of benzene rings is 1.